The molecular formula is C12H13Cl2F3O. The van der Waals surface area contributed by atoms with E-state index < -0.39 is 12.8 Å². The second kappa shape index (κ2) is 7.22. The minimum atomic E-state index is -4.30. The number of alkyl halides is 4. The molecule has 0 radical (unpaired) electrons. The minimum absolute atomic E-state index is 0.0183. The van der Waals surface area contributed by atoms with Crippen LogP contribution in [-0.2, 0) is 11.2 Å². The Labute approximate surface area is 114 Å². The molecule has 0 saturated carbocycles. The number of ether oxygens (including phenoxy) is 1. The van der Waals surface area contributed by atoms with E-state index in [1.807, 2.05) is 6.07 Å². The van der Waals surface area contributed by atoms with E-state index in [0.29, 0.717) is 11.4 Å². The molecule has 1 nitrogen and oxygen atoms in total. The van der Waals surface area contributed by atoms with Crippen LogP contribution in [0.1, 0.15) is 5.56 Å². The van der Waals surface area contributed by atoms with Crippen LogP contribution >= 0.6 is 23.2 Å². The minimum Gasteiger partial charge on any atom is -0.372 e. The highest BCUT2D eigenvalue weighted by Gasteiger charge is 2.27. The van der Waals surface area contributed by atoms with E-state index in [0.717, 1.165) is 5.56 Å². The molecule has 0 saturated heterocycles. The Morgan fingerprint density at radius 1 is 1.28 bits per heavy atom. The second-order valence-electron chi connectivity index (χ2n) is 3.98. The summed E-state index contributed by atoms with van der Waals surface area (Å²) in [5.74, 6) is 0.0807. The molecule has 0 aliphatic carbocycles. The summed E-state index contributed by atoms with van der Waals surface area (Å²) in [4.78, 5) is 0. The first-order valence-electron chi connectivity index (χ1n) is 5.35. The Bertz CT molecular complexity index is 369. The molecule has 0 heterocycles. The van der Waals surface area contributed by atoms with Gasteiger partial charge in [0, 0.05) is 10.9 Å². The lowest BCUT2D eigenvalue weighted by Gasteiger charge is -2.15. The molecule has 0 aliphatic rings. The number of rotatable bonds is 6. The largest absolute Gasteiger partial charge is 0.411 e. The average Bonchev–Trinajstić information content (AvgIpc) is 2.26. The van der Waals surface area contributed by atoms with Crippen LogP contribution in [0, 0.1) is 5.92 Å². The van der Waals surface area contributed by atoms with Crippen LogP contribution in [0.25, 0.3) is 0 Å². The lowest BCUT2D eigenvalue weighted by Crippen LogP contribution is -2.22. The van der Waals surface area contributed by atoms with Crippen molar-refractivity contribution >= 4 is 23.2 Å². The van der Waals surface area contributed by atoms with Crippen LogP contribution in [0.5, 0.6) is 0 Å². The molecule has 0 N–H and O–H groups in total. The molecule has 1 aromatic carbocycles. The van der Waals surface area contributed by atoms with Crippen LogP contribution in [0.2, 0.25) is 5.02 Å². The summed E-state index contributed by atoms with van der Waals surface area (Å²) >= 11 is 11.5. The fraction of sp³-hybridized carbons (Fsp3) is 0.500. The molecule has 0 aromatic heterocycles. The van der Waals surface area contributed by atoms with Crippen molar-refractivity contribution in [3.63, 3.8) is 0 Å². The van der Waals surface area contributed by atoms with Gasteiger partial charge in [-0.2, -0.15) is 13.2 Å². The summed E-state index contributed by atoms with van der Waals surface area (Å²) in [6.45, 7) is -1.26. The third kappa shape index (κ3) is 6.47. The molecule has 1 aromatic rings. The van der Waals surface area contributed by atoms with E-state index in [1.54, 1.807) is 18.2 Å². The number of halogens is 5. The van der Waals surface area contributed by atoms with Gasteiger partial charge < -0.3 is 4.74 Å². The molecule has 102 valence electrons. The quantitative estimate of drug-likeness (QED) is 0.711. The Hall–Kier alpha value is -0.450. The number of benzene rings is 1. The predicted octanol–water partition coefficient (Wildman–Crippen LogP) is 4.32. The van der Waals surface area contributed by atoms with Gasteiger partial charge in [-0.1, -0.05) is 23.7 Å². The maximum atomic E-state index is 11.9. The molecule has 1 unspecified atom stereocenters. The number of hydrogen-bond acceptors (Lipinski definition) is 1. The summed E-state index contributed by atoms with van der Waals surface area (Å²) < 4.78 is 40.4. The van der Waals surface area contributed by atoms with Gasteiger partial charge in [0.1, 0.15) is 6.61 Å². The fourth-order valence-corrected chi connectivity index (χ4v) is 1.91. The Morgan fingerprint density at radius 2 is 2.00 bits per heavy atom. The van der Waals surface area contributed by atoms with Crippen molar-refractivity contribution in [2.24, 2.45) is 5.92 Å². The van der Waals surface area contributed by atoms with Gasteiger partial charge in [0.25, 0.3) is 0 Å². The molecule has 0 fully saturated rings. The van der Waals surface area contributed by atoms with E-state index in [4.69, 9.17) is 23.2 Å². The maximum Gasteiger partial charge on any atom is 0.411 e. The van der Waals surface area contributed by atoms with Crippen molar-refractivity contribution < 1.29 is 17.9 Å². The summed E-state index contributed by atoms with van der Waals surface area (Å²) in [6.07, 6.45) is -3.76. The predicted molar refractivity (Wildman–Crippen MR) is 66.2 cm³/mol. The Balaban J connectivity index is 2.42. The molecule has 0 spiro atoms. The van der Waals surface area contributed by atoms with Crippen molar-refractivity contribution in [1.29, 1.82) is 0 Å². The average molecular weight is 301 g/mol. The van der Waals surface area contributed by atoms with E-state index in [-0.39, 0.29) is 18.4 Å². The highest BCUT2D eigenvalue weighted by atomic mass is 35.5. The van der Waals surface area contributed by atoms with Crippen molar-refractivity contribution in [1.82, 2.24) is 0 Å². The van der Waals surface area contributed by atoms with Crippen molar-refractivity contribution in [3.8, 4) is 0 Å². The van der Waals surface area contributed by atoms with E-state index in [1.165, 1.54) is 0 Å². The molecule has 6 heteroatoms. The normalized spacial score (nSPS) is 13.6. The SMILES string of the molecule is FC(F)(F)COCC(CCl)Cc1cccc(Cl)c1. The zero-order valence-corrected chi connectivity index (χ0v) is 11.0. The maximum absolute atomic E-state index is 11.9. The van der Waals surface area contributed by atoms with E-state index in [2.05, 4.69) is 4.74 Å². The zero-order valence-electron chi connectivity index (χ0n) is 9.51. The summed E-state index contributed by atoms with van der Waals surface area (Å²) in [5.41, 5.74) is 0.934. The van der Waals surface area contributed by atoms with Crippen LogP contribution in [0.4, 0.5) is 13.2 Å². The third-order valence-electron chi connectivity index (χ3n) is 2.25. The third-order valence-corrected chi connectivity index (χ3v) is 2.92. The van der Waals surface area contributed by atoms with Crippen LogP contribution in [0.15, 0.2) is 24.3 Å². The van der Waals surface area contributed by atoms with E-state index >= 15 is 0 Å². The van der Waals surface area contributed by atoms with Gasteiger partial charge in [-0.05, 0) is 30.0 Å². The van der Waals surface area contributed by atoms with Gasteiger partial charge in [0.15, 0.2) is 0 Å². The highest BCUT2D eigenvalue weighted by Crippen LogP contribution is 2.18. The molecule has 1 atom stereocenters. The zero-order chi connectivity index (χ0) is 13.6. The lowest BCUT2D eigenvalue weighted by atomic mass is 10.0. The summed E-state index contributed by atoms with van der Waals surface area (Å²) in [7, 11) is 0. The van der Waals surface area contributed by atoms with Gasteiger partial charge in [-0.25, -0.2) is 0 Å². The summed E-state index contributed by atoms with van der Waals surface area (Å²) in [6, 6.07) is 7.15. The molecule has 0 bridgehead atoms. The molecule has 18 heavy (non-hydrogen) atoms. The Morgan fingerprint density at radius 3 is 2.56 bits per heavy atom. The van der Waals surface area contributed by atoms with Gasteiger partial charge in [0.2, 0.25) is 0 Å². The number of hydrogen-bond donors (Lipinski definition) is 0. The van der Waals surface area contributed by atoms with Crippen molar-refractivity contribution in [3.05, 3.63) is 34.9 Å². The molecule has 0 aliphatic heterocycles. The van der Waals surface area contributed by atoms with Crippen LogP contribution in [-0.4, -0.2) is 25.3 Å². The Kier molecular flexibility index (Phi) is 6.26. The molecule has 1 rings (SSSR count). The second-order valence-corrected chi connectivity index (χ2v) is 4.73. The summed E-state index contributed by atoms with van der Waals surface area (Å²) in [5, 5.41) is 0.594. The van der Waals surface area contributed by atoms with Crippen molar-refractivity contribution in [2.45, 2.75) is 12.6 Å². The van der Waals surface area contributed by atoms with Crippen molar-refractivity contribution in [2.75, 3.05) is 19.1 Å². The monoisotopic (exact) mass is 300 g/mol. The highest BCUT2D eigenvalue weighted by molar-refractivity contribution is 6.30. The first-order chi connectivity index (χ1) is 8.40. The lowest BCUT2D eigenvalue weighted by molar-refractivity contribution is -0.176. The van der Waals surface area contributed by atoms with Gasteiger partial charge >= 0.3 is 6.18 Å². The topological polar surface area (TPSA) is 9.23 Å². The van der Waals surface area contributed by atoms with Gasteiger partial charge in [-0.15, -0.1) is 11.6 Å². The fourth-order valence-electron chi connectivity index (χ4n) is 1.50. The van der Waals surface area contributed by atoms with Crippen LogP contribution < -0.4 is 0 Å². The smallest absolute Gasteiger partial charge is 0.372 e. The van der Waals surface area contributed by atoms with Crippen LogP contribution in [0.3, 0.4) is 0 Å². The first-order valence-corrected chi connectivity index (χ1v) is 6.27. The molecule has 0 amide bonds. The van der Waals surface area contributed by atoms with Gasteiger partial charge in [-0.3, -0.25) is 0 Å². The van der Waals surface area contributed by atoms with E-state index in [9.17, 15) is 13.2 Å². The van der Waals surface area contributed by atoms with Gasteiger partial charge in [0.05, 0.1) is 6.61 Å². The molecular weight excluding hydrogens is 288 g/mol. The standard InChI is InChI=1S/C12H13Cl2F3O/c13-6-10(7-18-8-12(15,16)17)4-9-2-1-3-11(14)5-9/h1-3,5,10H,4,6-8H2. The first kappa shape index (κ1) is 15.6.